The Labute approximate surface area is 222 Å². The molecule has 32 heavy (non-hydrogen) atoms. The molecule has 4 aromatic rings. The first-order valence-electron chi connectivity index (χ1n) is 10.7. The maximum atomic E-state index is 3.34. The fourth-order valence-corrected chi connectivity index (χ4v) is 4.08. The first kappa shape index (κ1) is 31.0. The summed E-state index contributed by atoms with van der Waals surface area (Å²) in [5.74, 6) is 0. The molecule has 4 aromatic carbocycles. The second-order valence-corrected chi connectivity index (χ2v) is 10.2. The van der Waals surface area contributed by atoms with E-state index in [-0.39, 0.29) is 35.6 Å². The zero-order valence-corrected chi connectivity index (χ0v) is 24.7. The van der Waals surface area contributed by atoms with Crippen molar-refractivity contribution in [3.8, 4) is 0 Å². The molecule has 0 saturated heterocycles. The Morgan fingerprint density at radius 2 is 0.938 bits per heavy atom. The van der Waals surface area contributed by atoms with Crippen molar-refractivity contribution in [1.29, 1.82) is 0 Å². The Morgan fingerprint density at radius 1 is 0.625 bits per heavy atom. The zero-order chi connectivity index (χ0) is 22.7. The van der Waals surface area contributed by atoms with E-state index in [9.17, 15) is 0 Å². The molecule has 0 unspecified atom stereocenters. The van der Waals surface area contributed by atoms with Crippen LogP contribution in [-0.2, 0) is 35.1 Å². The summed E-state index contributed by atoms with van der Waals surface area (Å²) >= 11 is 1.30. The maximum Gasteiger partial charge on any atom is -1.00 e. The predicted molar refractivity (Wildman–Crippen MR) is 133 cm³/mol. The largest absolute Gasteiger partial charge is 1.00 e. The number of aryl methyl sites for hydroxylation is 2. The fraction of sp³-hybridized carbons (Fsp3) is 0.345. The Balaban J connectivity index is 0.000000527. The van der Waals surface area contributed by atoms with Crippen LogP contribution in [0.1, 0.15) is 63.8 Å². The SMILES string of the molecule is Cc1cc2c(C(C)(C)C)cccc2[cH-]1.Cc1cc2c(C(C)(C)C)cccc2[cH-]1.[CH2]=[Zr+2].[Cl-].[Cl-]. The molecule has 0 atom stereocenters. The van der Waals surface area contributed by atoms with Crippen LogP contribution in [0.3, 0.4) is 0 Å². The number of rotatable bonds is 0. The van der Waals surface area contributed by atoms with Crippen LogP contribution in [-0.4, -0.2) is 4.21 Å². The molecule has 0 amide bonds. The maximum absolute atomic E-state index is 3.34. The molecule has 0 saturated carbocycles. The van der Waals surface area contributed by atoms with Crippen LogP contribution in [0, 0.1) is 13.8 Å². The van der Waals surface area contributed by atoms with Gasteiger partial charge in [0, 0.05) is 0 Å². The Bertz CT molecular complexity index is 1030. The standard InChI is InChI=1S/2C14H17.CH2.2ClH.Zr/c2*1-10-8-11-6-5-7-13(12(11)9-10)14(2,3)4;;;;/h2*5-9H,1-4H3;1H2;2*1H;/q2*-1;;;;+2/p-2. The van der Waals surface area contributed by atoms with Crippen molar-refractivity contribution in [3.63, 3.8) is 0 Å². The Hall–Kier alpha value is -1.01. The summed E-state index contributed by atoms with van der Waals surface area (Å²) in [6.07, 6.45) is 0. The Morgan fingerprint density at radius 3 is 1.22 bits per heavy atom. The van der Waals surface area contributed by atoms with Crippen molar-refractivity contribution >= 4 is 25.8 Å². The summed E-state index contributed by atoms with van der Waals surface area (Å²) in [5, 5.41) is 5.57. The van der Waals surface area contributed by atoms with Gasteiger partial charge < -0.3 is 24.8 Å². The van der Waals surface area contributed by atoms with Gasteiger partial charge in [-0.3, -0.25) is 0 Å². The molecule has 3 heteroatoms. The van der Waals surface area contributed by atoms with Gasteiger partial charge in [0.05, 0.1) is 0 Å². The second-order valence-electron chi connectivity index (χ2n) is 10.2. The first-order valence-corrected chi connectivity index (χ1v) is 12.4. The van der Waals surface area contributed by atoms with Crippen molar-refractivity contribution in [1.82, 2.24) is 0 Å². The van der Waals surface area contributed by atoms with Gasteiger partial charge in [-0.15, -0.1) is 69.1 Å². The van der Waals surface area contributed by atoms with Crippen molar-refractivity contribution in [3.05, 3.63) is 82.9 Å². The minimum Gasteiger partial charge on any atom is -1.00 e. The van der Waals surface area contributed by atoms with Crippen LogP contribution in [0.4, 0.5) is 0 Å². The van der Waals surface area contributed by atoms with Crippen LogP contribution >= 0.6 is 0 Å². The van der Waals surface area contributed by atoms with Gasteiger partial charge in [-0.05, 0) is 10.8 Å². The van der Waals surface area contributed by atoms with E-state index >= 15 is 0 Å². The molecule has 0 spiro atoms. The van der Waals surface area contributed by atoms with Gasteiger partial charge >= 0.3 is 28.4 Å². The van der Waals surface area contributed by atoms with E-state index in [1.54, 1.807) is 0 Å². The molecular weight excluding hydrogens is 510 g/mol. The molecule has 172 valence electrons. The topological polar surface area (TPSA) is 0 Å². The summed E-state index contributed by atoms with van der Waals surface area (Å²) in [6, 6.07) is 22.3. The summed E-state index contributed by atoms with van der Waals surface area (Å²) in [5.41, 5.74) is 6.08. The number of fused-ring (bicyclic) bond motifs is 2. The predicted octanol–water partition coefficient (Wildman–Crippen LogP) is 2.30. The molecule has 0 heterocycles. The molecule has 0 bridgehead atoms. The molecule has 4 rings (SSSR count). The first-order chi connectivity index (χ1) is 14.0. The minimum absolute atomic E-state index is 0. The average Bonchev–Trinajstić information content (AvgIpc) is 3.21. The van der Waals surface area contributed by atoms with Gasteiger partial charge in [0.25, 0.3) is 0 Å². The van der Waals surface area contributed by atoms with Crippen molar-refractivity contribution in [2.45, 2.75) is 66.2 Å². The van der Waals surface area contributed by atoms with E-state index in [0.717, 1.165) is 0 Å². The normalized spacial score (nSPS) is 10.9. The number of benzene rings is 2. The van der Waals surface area contributed by atoms with Crippen molar-refractivity contribution in [2.24, 2.45) is 0 Å². The van der Waals surface area contributed by atoms with Crippen LogP contribution in [0.2, 0.25) is 0 Å². The summed E-state index contributed by atoms with van der Waals surface area (Å²) in [7, 11) is 0. The van der Waals surface area contributed by atoms with Gasteiger partial charge in [0.2, 0.25) is 0 Å². The van der Waals surface area contributed by atoms with Gasteiger partial charge in [-0.1, -0.05) is 78.6 Å². The van der Waals surface area contributed by atoms with E-state index in [1.807, 2.05) is 0 Å². The average molecular weight is 547 g/mol. The number of halogens is 2. The van der Waals surface area contributed by atoms with Crippen LogP contribution in [0.25, 0.3) is 21.5 Å². The summed E-state index contributed by atoms with van der Waals surface area (Å²) < 4.78 is 3.34. The second kappa shape index (κ2) is 12.5. The quantitative estimate of drug-likeness (QED) is 0.297. The molecule has 0 N–H and O–H groups in total. The van der Waals surface area contributed by atoms with Gasteiger partial charge in [-0.2, -0.15) is 12.1 Å². The third kappa shape index (κ3) is 7.51. The molecular formula is C29H36Cl2Zr-2. The number of hydrogen-bond acceptors (Lipinski definition) is 0. The molecule has 0 nitrogen and oxygen atoms in total. The third-order valence-electron chi connectivity index (χ3n) is 5.41. The van der Waals surface area contributed by atoms with Gasteiger partial charge in [0.15, 0.2) is 0 Å². The monoisotopic (exact) mass is 544 g/mol. The third-order valence-corrected chi connectivity index (χ3v) is 5.41. The molecule has 0 radical (unpaired) electrons. The molecule has 0 aliphatic rings. The molecule has 0 aromatic heterocycles. The molecule has 0 aliphatic heterocycles. The van der Waals surface area contributed by atoms with E-state index in [1.165, 1.54) is 68.0 Å². The van der Waals surface area contributed by atoms with Crippen LogP contribution in [0.15, 0.2) is 60.7 Å². The van der Waals surface area contributed by atoms with Crippen LogP contribution in [0.5, 0.6) is 0 Å². The smallest absolute Gasteiger partial charge is 1.00 e. The van der Waals surface area contributed by atoms with Gasteiger partial charge in [-0.25, -0.2) is 0 Å². The number of hydrogen-bond donors (Lipinski definition) is 0. The summed E-state index contributed by atoms with van der Waals surface area (Å²) in [6.45, 7) is 17.9. The fourth-order valence-electron chi connectivity index (χ4n) is 4.08. The van der Waals surface area contributed by atoms with Crippen molar-refractivity contribution in [2.75, 3.05) is 0 Å². The van der Waals surface area contributed by atoms with Gasteiger partial charge in [0.1, 0.15) is 0 Å². The van der Waals surface area contributed by atoms with Crippen molar-refractivity contribution < 1.29 is 49.0 Å². The van der Waals surface area contributed by atoms with Crippen LogP contribution < -0.4 is 24.8 Å². The summed E-state index contributed by atoms with van der Waals surface area (Å²) in [4.78, 5) is 0. The molecule has 0 aliphatic carbocycles. The van der Waals surface area contributed by atoms with E-state index in [2.05, 4.69) is 120 Å². The van der Waals surface area contributed by atoms with E-state index < -0.39 is 0 Å². The Kier molecular flexibility index (Phi) is 12.1. The minimum atomic E-state index is 0. The van der Waals surface area contributed by atoms with E-state index in [4.69, 9.17) is 0 Å². The molecule has 0 fully saturated rings. The zero-order valence-electron chi connectivity index (χ0n) is 20.7. The van der Waals surface area contributed by atoms with E-state index in [0.29, 0.717) is 0 Å².